The van der Waals surface area contributed by atoms with Gasteiger partial charge in [-0.3, -0.25) is 0 Å². The summed E-state index contributed by atoms with van der Waals surface area (Å²) < 4.78 is 5.09. The first-order chi connectivity index (χ1) is 6.25. The Morgan fingerprint density at radius 3 is 2.85 bits per heavy atom. The van der Waals surface area contributed by atoms with Gasteiger partial charge in [-0.25, -0.2) is 0 Å². The number of hydrogen-bond acceptors (Lipinski definition) is 2. The lowest BCUT2D eigenvalue weighted by atomic mass is 10.1. The van der Waals surface area contributed by atoms with E-state index < -0.39 is 0 Å². The zero-order valence-electron chi connectivity index (χ0n) is 7.66. The van der Waals surface area contributed by atoms with Gasteiger partial charge in [-0.05, 0) is 25.0 Å². The van der Waals surface area contributed by atoms with Crippen LogP contribution in [0.4, 0.5) is 0 Å². The molecule has 2 N–H and O–H groups in total. The van der Waals surface area contributed by atoms with Crippen LogP contribution in [0, 0.1) is 0 Å². The molecule has 1 heterocycles. The molecule has 0 aliphatic rings. The van der Waals surface area contributed by atoms with Crippen LogP contribution < -0.4 is 5.73 Å². The van der Waals surface area contributed by atoms with Gasteiger partial charge >= 0.3 is 0 Å². The summed E-state index contributed by atoms with van der Waals surface area (Å²) in [7, 11) is 0. The summed E-state index contributed by atoms with van der Waals surface area (Å²) in [6.45, 7) is 2.01. The van der Waals surface area contributed by atoms with Crippen molar-refractivity contribution in [1.29, 1.82) is 0 Å². The molecule has 0 aliphatic carbocycles. The standard InChI is InChI=1S/C11H13NO/c1-8(12)4-9-2-3-10-6-13-7-11(10)5-9/h2-3,5-8H,4,12H2,1H3. The van der Waals surface area contributed by atoms with Crippen molar-refractivity contribution in [1.82, 2.24) is 0 Å². The van der Waals surface area contributed by atoms with E-state index in [1.165, 1.54) is 5.56 Å². The molecular formula is C11H13NO. The van der Waals surface area contributed by atoms with Gasteiger partial charge in [-0.15, -0.1) is 0 Å². The van der Waals surface area contributed by atoms with E-state index in [2.05, 4.69) is 18.2 Å². The maximum atomic E-state index is 5.72. The quantitative estimate of drug-likeness (QED) is 0.760. The van der Waals surface area contributed by atoms with E-state index in [1.807, 2.05) is 6.92 Å². The zero-order valence-corrected chi connectivity index (χ0v) is 7.66. The van der Waals surface area contributed by atoms with Crippen LogP contribution in [-0.2, 0) is 6.42 Å². The molecule has 1 atom stereocenters. The predicted molar refractivity (Wildman–Crippen MR) is 53.6 cm³/mol. The Morgan fingerprint density at radius 2 is 2.08 bits per heavy atom. The first-order valence-electron chi connectivity index (χ1n) is 4.46. The van der Waals surface area contributed by atoms with Crippen molar-refractivity contribution in [3.8, 4) is 0 Å². The number of fused-ring (bicyclic) bond motifs is 1. The number of nitrogens with two attached hydrogens (primary N) is 1. The fourth-order valence-corrected chi connectivity index (χ4v) is 1.51. The molecule has 2 aromatic rings. The van der Waals surface area contributed by atoms with Gasteiger partial charge in [0, 0.05) is 16.8 Å². The van der Waals surface area contributed by atoms with Gasteiger partial charge in [0.15, 0.2) is 0 Å². The molecule has 0 bridgehead atoms. The molecule has 2 nitrogen and oxygen atoms in total. The Labute approximate surface area is 77.3 Å². The minimum absolute atomic E-state index is 0.212. The highest BCUT2D eigenvalue weighted by Gasteiger charge is 2.00. The van der Waals surface area contributed by atoms with Gasteiger partial charge in [-0.1, -0.05) is 12.1 Å². The summed E-state index contributed by atoms with van der Waals surface area (Å²) in [4.78, 5) is 0. The number of furan rings is 1. The van der Waals surface area contributed by atoms with Crippen molar-refractivity contribution in [2.45, 2.75) is 19.4 Å². The van der Waals surface area contributed by atoms with Crippen molar-refractivity contribution in [3.05, 3.63) is 36.3 Å². The van der Waals surface area contributed by atoms with E-state index >= 15 is 0 Å². The summed E-state index contributed by atoms with van der Waals surface area (Å²) in [5.41, 5.74) is 6.99. The third-order valence-corrected chi connectivity index (χ3v) is 2.10. The second-order valence-corrected chi connectivity index (χ2v) is 3.52. The van der Waals surface area contributed by atoms with E-state index in [9.17, 15) is 0 Å². The van der Waals surface area contributed by atoms with E-state index in [4.69, 9.17) is 10.2 Å². The second kappa shape index (κ2) is 3.23. The van der Waals surface area contributed by atoms with E-state index in [0.717, 1.165) is 17.2 Å². The monoisotopic (exact) mass is 175 g/mol. The van der Waals surface area contributed by atoms with Gasteiger partial charge in [-0.2, -0.15) is 0 Å². The molecule has 2 heteroatoms. The summed E-state index contributed by atoms with van der Waals surface area (Å²) >= 11 is 0. The average molecular weight is 175 g/mol. The fourth-order valence-electron chi connectivity index (χ4n) is 1.51. The molecule has 0 fully saturated rings. The second-order valence-electron chi connectivity index (χ2n) is 3.52. The zero-order chi connectivity index (χ0) is 9.26. The molecule has 0 amide bonds. The minimum Gasteiger partial charge on any atom is -0.471 e. The van der Waals surface area contributed by atoms with Gasteiger partial charge in [0.1, 0.15) is 0 Å². The predicted octanol–water partition coefficient (Wildman–Crippen LogP) is 2.32. The summed E-state index contributed by atoms with van der Waals surface area (Å²) in [5, 5.41) is 2.30. The lowest BCUT2D eigenvalue weighted by Crippen LogP contribution is -2.17. The first kappa shape index (κ1) is 8.32. The molecule has 13 heavy (non-hydrogen) atoms. The van der Waals surface area contributed by atoms with Crippen LogP contribution in [0.5, 0.6) is 0 Å². The van der Waals surface area contributed by atoms with Crippen LogP contribution in [0.1, 0.15) is 12.5 Å². The maximum Gasteiger partial charge on any atom is 0.0981 e. The van der Waals surface area contributed by atoms with Crippen molar-refractivity contribution in [3.63, 3.8) is 0 Å². The minimum atomic E-state index is 0.212. The van der Waals surface area contributed by atoms with Crippen molar-refractivity contribution in [2.75, 3.05) is 0 Å². The average Bonchev–Trinajstić information content (AvgIpc) is 2.49. The molecule has 0 radical (unpaired) electrons. The highest BCUT2D eigenvalue weighted by molar-refractivity contribution is 5.81. The largest absolute Gasteiger partial charge is 0.471 e. The summed E-state index contributed by atoms with van der Waals surface area (Å²) in [6, 6.07) is 6.50. The fraction of sp³-hybridized carbons (Fsp3) is 0.273. The van der Waals surface area contributed by atoms with Crippen LogP contribution in [0.25, 0.3) is 10.8 Å². The van der Waals surface area contributed by atoms with E-state index in [-0.39, 0.29) is 6.04 Å². The van der Waals surface area contributed by atoms with Crippen molar-refractivity contribution >= 4 is 10.8 Å². The Morgan fingerprint density at radius 1 is 1.31 bits per heavy atom. The molecule has 1 unspecified atom stereocenters. The van der Waals surface area contributed by atoms with Crippen LogP contribution in [0.2, 0.25) is 0 Å². The van der Waals surface area contributed by atoms with Crippen LogP contribution >= 0.6 is 0 Å². The number of hydrogen-bond donors (Lipinski definition) is 1. The summed E-state index contributed by atoms with van der Waals surface area (Å²) in [5.74, 6) is 0. The van der Waals surface area contributed by atoms with Gasteiger partial charge in [0.2, 0.25) is 0 Å². The van der Waals surface area contributed by atoms with Gasteiger partial charge in [0.25, 0.3) is 0 Å². The van der Waals surface area contributed by atoms with Crippen molar-refractivity contribution < 1.29 is 4.42 Å². The normalized spacial score (nSPS) is 13.4. The van der Waals surface area contributed by atoms with Crippen LogP contribution in [0.3, 0.4) is 0 Å². The molecule has 1 aromatic heterocycles. The smallest absolute Gasteiger partial charge is 0.0981 e. The Hall–Kier alpha value is -1.28. The highest BCUT2D eigenvalue weighted by atomic mass is 16.3. The lowest BCUT2D eigenvalue weighted by molar-refractivity contribution is 0.572. The molecule has 0 spiro atoms. The Bertz CT molecular complexity index is 403. The van der Waals surface area contributed by atoms with Crippen LogP contribution in [0.15, 0.2) is 35.1 Å². The summed E-state index contributed by atoms with van der Waals surface area (Å²) in [6.07, 6.45) is 4.44. The van der Waals surface area contributed by atoms with Gasteiger partial charge < -0.3 is 10.2 Å². The highest BCUT2D eigenvalue weighted by Crippen LogP contribution is 2.17. The van der Waals surface area contributed by atoms with E-state index in [1.54, 1.807) is 12.5 Å². The Balaban J connectivity index is 2.37. The van der Waals surface area contributed by atoms with Gasteiger partial charge in [0.05, 0.1) is 12.5 Å². The number of benzene rings is 1. The molecule has 68 valence electrons. The van der Waals surface area contributed by atoms with E-state index in [0.29, 0.717) is 0 Å². The maximum absolute atomic E-state index is 5.72. The third-order valence-electron chi connectivity index (χ3n) is 2.10. The Kier molecular flexibility index (Phi) is 2.07. The molecule has 0 saturated carbocycles. The number of rotatable bonds is 2. The SMILES string of the molecule is CC(N)Cc1ccc2cocc2c1. The molecule has 2 rings (SSSR count). The molecule has 0 saturated heterocycles. The van der Waals surface area contributed by atoms with Crippen LogP contribution in [-0.4, -0.2) is 6.04 Å². The molecular weight excluding hydrogens is 162 g/mol. The molecule has 0 aliphatic heterocycles. The molecule has 1 aromatic carbocycles. The lowest BCUT2D eigenvalue weighted by Gasteiger charge is -2.04. The first-order valence-corrected chi connectivity index (χ1v) is 4.46. The third kappa shape index (κ3) is 1.73. The van der Waals surface area contributed by atoms with Crippen molar-refractivity contribution in [2.24, 2.45) is 5.73 Å². The topological polar surface area (TPSA) is 39.2 Å².